The van der Waals surface area contributed by atoms with Crippen LogP contribution in [0.25, 0.3) is 6.08 Å². The summed E-state index contributed by atoms with van der Waals surface area (Å²) < 4.78 is 15.6. The standard InChI is InChI=1S/C22H22N2O6/c1-28-12-11-23-20(25)18(13-15-9-10-17(29-2)14-19(15)30-3)21(26)24(22(23)27)16-7-5-4-6-8-16/h4-10,13-14H,11-12H2,1-3H3. The second kappa shape index (κ2) is 9.23. The van der Waals surface area contributed by atoms with E-state index in [-0.39, 0.29) is 18.7 Å². The highest BCUT2D eigenvalue weighted by Crippen LogP contribution is 2.30. The lowest BCUT2D eigenvalue weighted by molar-refractivity contribution is -0.129. The van der Waals surface area contributed by atoms with Crippen molar-refractivity contribution in [2.24, 2.45) is 0 Å². The number of benzene rings is 2. The molecule has 0 aromatic heterocycles. The molecule has 0 atom stereocenters. The fourth-order valence-corrected chi connectivity index (χ4v) is 3.05. The first kappa shape index (κ1) is 21.1. The van der Waals surface area contributed by atoms with Crippen LogP contribution >= 0.6 is 0 Å². The molecule has 0 radical (unpaired) electrons. The number of rotatable bonds is 7. The lowest BCUT2D eigenvalue weighted by atomic mass is 10.0. The van der Waals surface area contributed by atoms with E-state index >= 15 is 0 Å². The number of ether oxygens (including phenoxy) is 3. The molecule has 30 heavy (non-hydrogen) atoms. The van der Waals surface area contributed by atoms with Crippen molar-refractivity contribution in [3.05, 3.63) is 59.7 Å². The fraction of sp³-hybridized carbons (Fsp3) is 0.227. The molecular formula is C22H22N2O6. The van der Waals surface area contributed by atoms with Gasteiger partial charge in [0.1, 0.15) is 17.1 Å². The molecule has 1 aliphatic rings. The van der Waals surface area contributed by atoms with Gasteiger partial charge >= 0.3 is 6.03 Å². The molecule has 1 heterocycles. The Morgan fingerprint density at radius 3 is 2.27 bits per heavy atom. The van der Waals surface area contributed by atoms with Gasteiger partial charge in [-0.15, -0.1) is 0 Å². The van der Waals surface area contributed by atoms with E-state index < -0.39 is 17.8 Å². The third-order valence-electron chi connectivity index (χ3n) is 4.61. The Morgan fingerprint density at radius 1 is 0.900 bits per heavy atom. The third kappa shape index (κ3) is 4.04. The second-order valence-corrected chi connectivity index (χ2v) is 6.37. The molecule has 2 aromatic carbocycles. The summed E-state index contributed by atoms with van der Waals surface area (Å²) >= 11 is 0. The maximum atomic E-state index is 13.2. The van der Waals surface area contributed by atoms with E-state index in [1.54, 1.807) is 48.5 Å². The summed E-state index contributed by atoms with van der Waals surface area (Å²) in [5.74, 6) is -0.401. The van der Waals surface area contributed by atoms with E-state index in [0.717, 1.165) is 9.80 Å². The lowest BCUT2D eigenvalue weighted by Gasteiger charge is -2.33. The Hall–Kier alpha value is -3.65. The summed E-state index contributed by atoms with van der Waals surface area (Å²) in [6.07, 6.45) is 1.42. The predicted molar refractivity (Wildman–Crippen MR) is 110 cm³/mol. The topological polar surface area (TPSA) is 85.4 Å². The smallest absolute Gasteiger partial charge is 0.338 e. The number of hydrogen-bond donors (Lipinski definition) is 0. The van der Waals surface area contributed by atoms with E-state index in [4.69, 9.17) is 14.2 Å². The molecule has 3 rings (SSSR count). The largest absolute Gasteiger partial charge is 0.497 e. The number of carbonyl (C=O) groups excluding carboxylic acids is 3. The molecule has 0 saturated carbocycles. The van der Waals surface area contributed by atoms with E-state index in [1.807, 2.05) is 0 Å². The average Bonchev–Trinajstić information content (AvgIpc) is 2.77. The van der Waals surface area contributed by atoms with Gasteiger partial charge in [0.2, 0.25) is 0 Å². The molecular weight excluding hydrogens is 388 g/mol. The Bertz CT molecular complexity index is 986. The Morgan fingerprint density at radius 2 is 1.63 bits per heavy atom. The summed E-state index contributed by atoms with van der Waals surface area (Å²) in [5, 5.41) is 0. The van der Waals surface area contributed by atoms with E-state index in [1.165, 1.54) is 27.4 Å². The summed E-state index contributed by atoms with van der Waals surface area (Å²) in [6.45, 7) is 0.162. The Balaban J connectivity index is 2.10. The molecule has 0 spiro atoms. The third-order valence-corrected chi connectivity index (χ3v) is 4.61. The maximum absolute atomic E-state index is 13.2. The van der Waals surface area contributed by atoms with Crippen LogP contribution in [0, 0.1) is 0 Å². The first-order chi connectivity index (χ1) is 14.5. The zero-order chi connectivity index (χ0) is 21.7. The summed E-state index contributed by atoms with van der Waals surface area (Å²) in [6, 6.07) is 12.7. The molecule has 0 N–H and O–H groups in total. The monoisotopic (exact) mass is 410 g/mol. The van der Waals surface area contributed by atoms with Crippen molar-refractivity contribution in [2.45, 2.75) is 0 Å². The molecule has 8 heteroatoms. The van der Waals surface area contributed by atoms with Crippen LogP contribution in [-0.4, -0.2) is 57.2 Å². The molecule has 4 amide bonds. The molecule has 8 nitrogen and oxygen atoms in total. The van der Waals surface area contributed by atoms with Crippen molar-refractivity contribution in [1.82, 2.24) is 4.90 Å². The van der Waals surface area contributed by atoms with Gasteiger partial charge in [-0.1, -0.05) is 18.2 Å². The molecule has 2 aromatic rings. The number of anilines is 1. The van der Waals surface area contributed by atoms with Gasteiger partial charge in [0.25, 0.3) is 11.8 Å². The van der Waals surface area contributed by atoms with Crippen LogP contribution in [0.5, 0.6) is 11.5 Å². The van der Waals surface area contributed by atoms with Gasteiger partial charge in [-0.3, -0.25) is 14.5 Å². The van der Waals surface area contributed by atoms with Crippen molar-refractivity contribution in [2.75, 3.05) is 39.4 Å². The Labute approximate surface area is 174 Å². The minimum atomic E-state index is -0.716. The first-order valence-electron chi connectivity index (χ1n) is 9.19. The number of nitrogens with zero attached hydrogens (tertiary/aromatic N) is 2. The second-order valence-electron chi connectivity index (χ2n) is 6.37. The summed E-state index contributed by atoms with van der Waals surface area (Å²) in [7, 11) is 4.47. The van der Waals surface area contributed by atoms with Crippen molar-refractivity contribution >= 4 is 29.6 Å². The number of urea groups is 1. The van der Waals surface area contributed by atoms with Gasteiger partial charge in [0, 0.05) is 18.7 Å². The van der Waals surface area contributed by atoms with Crippen LogP contribution in [-0.2, 0) is 14.3 Å². The highest BCUT2D eigenvalue weighted by molar-refractivity contribution is 6.39. The number of barbiturate groups is 1. The molecule has 156 valence electrons. The maximum Gasteiger partial charge on any atom is 0.338 e. The van der Waals surface area contributed by atoms with Crippen LogP contribution in [0.3, 0.4) is 0 Å². The highest BCUT2D eigenvalue weighted by Gasteiger charge is 2.42. The SMILES string of the molecule is COCCN1C(=O)C(=Cc2ccc(OC)cc2OC)C(=O)N(c2ccccc2)C1=O. The van der Waals surface area contributed by atoms with Gasteiger partial charge in [-0.25, -0.2) is 9.69 Å². The van der Waals surface area contributed by atoms with Crippen LogP contribution in [0.4, 0.5) is 10.5 Å². The van der Waals surface area contributed by atoms with Crippen molar-refractivity contribution < 1.29 is 28.6 Å². The minimum absolute atomic E-state index is 0.0157. The predicted octanol–water partition coefficient (Wildman–Crippen LogP) is 2.73. The number of methoxy groups -OCH3 is 3. The average molecular weight is 410 g/mol. The fourth-order valence-electron chi connectivity index (χ4n) is 3.05. The molecule has 1 fully saturated rings. The number of imide groups is 2. The summed E-state index contributed by atoms with van der Waals surface area (Å²) in [5.41, 5.74) is 0.720. The van der Waals surface area contributed by atoms with Crippen LogP contribution in [0.1, 0.15) is 5.56 Å². The lowest BCUT2D eigenvalue weighted by Crippen LogP contribution is -2.57. The zero-order valence-electron chi connectivity index (χ0n) is 17.0. The van der Waals surface area contributed by atoms with Gasteiger partial charge in [0.05, 0.1) is 33.1 Å². The van der Waals surface area contributed by atoms with E-state index in [2.05, 4.69) is 0 Å². The van der Waals surface area contributed by atoms with Crippen molar-refractivity contribution in [3.8, 4) is 11.5 Å². The van der Waals surface area contributed by atoms with Gasteiger partial charge in [-0.2, -0.15) is 0 Å². The summed E-state index contributed by atoms with van der Waals surface area (Å²) in [4.78, 5) is 41.1. The number of hydrogen-bond acceptors (Lipinski definition) is 6. The Kier molecular flexibility index (Phi) is 6.48. The number of amides is 4. The first-order valence-corrected chi connectivity index (χ1v) is 9.19. The van der Waals surface area contributed by atoms with Crippen LogP contribution < -0.4 is 14.4 Å². The molecule has 1 aliphatic heterocycles. The highest BCUT2D eigenvalue weighted by atomic mass is 16.5. The van der Waals surface area contributed by atoms with Crippen molar-refractivity contribution in [3.63, 3.8) is 0 Å². The number of carbonyl (C=O) groups is 3. The van der Waals surface area contributed by atoms with Gasteiger partial charge < -0.3 is 14.2 Å². The minimum Gasteiger partial charge on any atom is -0.497 e. The van der Waals surface area contributed by atoms with Crippen LogP contribution in [0.2, 0.25) is 0 Å². The molecule has 0 bridgehead atoms. The van der Waals surface area contributed by atoms with E-state index in [9.17, 15) is 14.4 Å². The van der Waals surface area contributed by atoms with Crippen LogP contribution in [0.15, 0.2) is 54.1 Å². The normalized spacial score (nSPS) is 15.7. The van der Waals surface area contributed by atoms with Gasteiger partial charge in [0.15, 0.2) is 0 Å². The van der Waals surface area contributed by atoms with Crippen molar-refractivity contribution in [1.29, 1.82) is 0 Å². The molecule has 1 saturated heterocycles. The quantitative estimate of drug-likeness (QED) is 0.515. The van der Waals surface area contributed by atoms with E-state index in [0.29, 0.717) is 22.7 Å². The number of para-hydroxylation sites is 1. The molecule has 0 aliphatic carbocycles. The zero-order valence-corrected chi connectivity index (χ0v) is 17.0. The molecule has 0 unspecified atom stereocenters. The van der Waals surface area contributed by atoms with Gasteiger partial charge in [-0.05, 0) is 30.3 Å².